The predicted molar refractivity (Wildman–Crippen MR) is 88.5 cm³/mol. The zero-order valence-electron chi connectivity index (χ0n) is 13.7. The van der Waals surface area contributed by atoms with Crippen LogP contribution in [0.15, 0.2) is 12.1 Å². The third-order valence-corrected chi connectivity index (χ3v) is 5.68. The van der Waals surface area contributed by atoms with Gasteiger partial charge in [0.15, 0.2) is 11.5 Å². The molecular weight excluding hydrogens is 292 g/mol. The highest BCUT2D eigenvalue weighted by Gasteiger charge is 2.38. The van der Waals surface area contributed by atoms with Gasteiger partial charge in [0.2, 0.25) is 0 Å². The highest BCUT2D eigenvalue weighted by Crippen LogP contribution is 2.53. The minimum absolute atomic E-state index is 0.0554. The van der Waals surface area contributed by atoms with E-state index in [0.717, 1.165) is 16.5 Å². The molecule has 3 N–H and O–H groups in total. The summed E-state index contributed by atoms with van der Waals surface area (Å²) >= 11 is 0. The summed E-state index contributed by atoms with van der Waals surface area (Å²) < 4.78 is 5.80. The molecule has 122 valence electrons. The van der Waals surface area contributed by atoms with Crippen LogP contribution in [0.25, 0.3) is 10.8 Å². The fourth-order valence-corrected chi connectivity index (χ4v) is 4.20. The van der Waals surface area contributed by atoms with Gasteiger partial charge in [0.05, 0.1) is 12.7 Å². The van der Waals surface area contributed by atoms with Gasteiger partial charge in [-0.15, -0.1) is 0 Å². The molecule has 0 aromatic heterocycles. The second-order valence-electron chi connectivity index (χ2n) is 7.44. The predicted octanol–water partition coefficient (Wildman–Crippen LogP) is 3.33. The van der Waals surface area contributed by atoms with Crippen molar-refractivity contribution in [1.82, 2.24) is 0 Å². The average molecular weight is 314 g/mol. The van der Waals surface area contributed by atoms with Gasteiger partial charge in [-0.1, -0.05) is 32.9 Å². The summed E-state index contributed by atoms with van der Waals surface area (Å²) in [6.45, 7) is 6.53. The van der Waals surface area contributed by atoms with Gasteiger partial charge in [-0.2, -0.15) is 0 Å². The largest absolute Gasteiger partial charge is 0.504 e. The van der Waals surface area contributed by atoms with E-state index < -0.39 is 6.10 Å². The number of benzene rings is 2. The van der Waals surface area contributed by atoms with Crippen molar-refractivity contribution >= 4 is 10.8 Å². The van der Waals surface area contributed by atoms with E-state index in [4.69, 9.17) is 4.74 Å². The van der Waals surface area contributed by atoms with Crippen LogP contribution in [-0.2, 0) is 11.8 Å². The van der Waals surface area contributed by atoms with Gasteiger partial charge in [0, 0.05) is 27.7 Å². The molecule has 4 nitrogen and oxygen atoms in total. The first kappa shape index (κ1) is 14.6. The van der Waals surface area contributed by atoms with E-state index in [1.807, 2.05) is 32.9 Å². The van der Waals surface area contributed by atoms with E-state index in [1.165, 1.54) is 0 Å². The van der Waals surface area contributed by atoms with Crippen molar-refractivity contribution in [3.05, 3.63) is 28.8 Å². The maximum absolute atomic E-state index is 10.7. The van der Waals surface area contributed by atoms with Crippen LogP contribution in [0.5, 0.6) is 17.2 Å². The van der Waals surface area contributed by atoms with Crippen LogP contribution in [0.2, 0.25) is 0 Å². The molecule has 0 saturated carbocycles. The fourth-order valence-electron chi connectivity index (χ4n) is 4.20. The van der Waals surface area contributed by atoms with Gasteiger partial charge >= 0.3 is 0 Å². The molecule has 2 atom stereocenters. The number of ether oxygens (including phenoxy) is 1. The zero-order valence-corrected chi connectivity index (χ0v) is 13.7. The van der Waals surface area contributed by atoms with Crippen molar-refractivity contribution in [1.29, 1.82) is 0 Å². The molecular formula is C19H22O4. The summed E-state index contributed by atoms with van der Waals surface area (Å²) in [5.41, 5.74) is 2.36. The van der Waals surface area contributed by atoms with Crippen molar-refractivity contribution in [2.24, 2.45) is 0 Å². The highest BCUT2D eigenvalue weighted by atomic mass is 16.5. The second-order valence-corrected chi connectivity index (χ2v) is 7.44. The van der Waals surface area contributed by atoms with Crippen LogP contribution >= 0.6 is 0 Å². The lowest BCUT2D eigenvalue weighted by Gasteiger charge is -2.38. The molecule has 0 unspecified atom stereocenters. The van der Waals surface area contributed by atoms with Gasteiger partial charge in [0.25, 0.3) is 0 Å². The summed E-state index contributed by atoms with van der Waals surface area (Å²) in [6, 6.07) is 3.98. The van der Waals surface area contributed by atoms with E-state index in [2.05, 4.69) is 0 Å². The average Bonchev–Trinajstić information content (AvgIpc) is 2.90. The molecule has 1 aliphatic carbocycles. The van der Waals surface area contributed by atoms with Crippen LogP contribution in [0.1, 0.15) is 49.8 Å². The molecule has 0 saturated heterocycles. The highest BCUT2D eigenvalue weighted by molar-refractivity contribution is 6.00. The van der Waals surface area contributed by atoms with Crippen LogP contribution in [0.4, 0.5) is 0 Å². The molecule has 0 spiro atoms. The number of aryl methyl sites for hydroxylation is 1. The van der Waals surface area contributed by atoms with Crippen LogP contribution in [0, 0.1) is 0 Å². The maximum atomic E-state index is 10.7. The molecule has 2 aromatic carbocycles. The Kier molecular flexibility index (Phi) is 2.89. The number of aromatic hydroxyl groups is 2. The Balaban J connectivity index is 2.11. The molecule has 0 fully saturated rings. The number of hydrogen-bond acceptors (Lipinski definition) is 4. The standard InChI is InChI=1S/C19H22O4/c1-9-8-23-18-11-4-6-12-10(5-7-13(20)19(12,2)3)15(11)17(22)16(21)14(9)18/h4,6,9,13,20-22H,5,7-8H2,1-3H3/t9-,13-/m0/s1. The number of fused-ring (bicyclic) bond motifs is 5. The first-order valence-electron chi connectivity index (χ1n) is 8.18. The Morgan fingerprint density at radius 1 is 1.17 bits per heavy atom. The number of aliphatic hydroxyl groups is 1. The molecule has 1 aliphatic heterocycles. The first-order chi connectivity index (χ1) is 10.8. The third-order valence-electron chi connectivity index (χ3n) is 5.68. The van der Waals surface area contributed by atoms with Crippen LogP contribution in [0.3, 0.4) is 0 Å². The quantitative estimate of drug-likeness (QED) is 0.652. The summed E-state index contributed by atoms with van der Waals surface area (Å²) in [7, 11) is 0. The minimum atomic E-state index is -0.408. The van der Waals surface area contributed by atoms with Crippen molar-refractivity contribution < 1.29 is 20.1 Å². The molecule has 4 heteroatoms. The summed E-state index contributed by atoms with van der Waals surface area (Å²) in [6.07, 6.45) is 0.917. The zero-order chi connectivity index (χ0) is 16.5. The Labute approximate surface area is 135 Å². The number of phenolic OH excluding ortho intramolecular Hbond substituents is 2. The number of aliphatic hydroxyl groups excluding tert-OH is 1. The fraction of sp³-hybridized carbons (Fsp3) is 0.474. The topological polar surface area (TPSA) is 69.9 Å². The lowest BCUT2D eigenvalue weighted by molar-refractivity contribution is 0.0834. The van der Waals surface area contributed by atoms with Crippen LogP contribution in [-0.4, -0.2) is 28.0 Å². The SMILES string of the molecule is C[C@H]1COc2c1c(O)c(O)c1c3c(ccc21)C(C)(C)[C@@H](O)CC3. The first-order valence-corrected chi connectivity index (χ1v) is 8.18. The van der Waals surface area contributed by atoms with Gasteiger partial charge < -0.3 is 20.1 Å². The summed E-state index contributed by atoms with van der Waals surface area (Å²) in [4.78, 5) is 0. The number of rotatable bonds is 0. The van der Waals surface area contributed by atoms with Crippen molar-refractivity contribution in [2.45, 2.75) is 51.0 Å². The number of hydrogen-bond donors (Lipinski definition) is 3. The van der Waals surface area contributed by atoms with Crippen molar-refractivity contribution in [3.8, 4) is 17.2 Å². The van der Waals surface area contributed by atoms with Crippen LogP contribution < -0.4 is 4.74 Å². The van der Waals surface area contributed by atoms with E-state index in [1.54, 1.807) is 0 Å². The van der Waals surface area contributed by atoms with Gasteiger partial charge in [-0.05, 0) is 24.0 Å². The van der Waals surface area contributed by atoms with Gasteiger partial charge in [0.1, 0.15) is 5.75 Å². The van der Waals surface area contributed by atoms with Crippen molar-refractivity contribution in [2.75, 3.05) is 6.61 Å². The van der Waals surface area contributed by atoms with E-state index >= 15 is 0 Å². The molecule has 2 aliphatic rings. The Hall–Kier alpha value is -1.94. The second kappa shape index (κ2) is 4.54. The third kappa shape index (κ3) is 1.75. The summed E-state index contributed by atoms with van der Waals surface area (Å²) in [5, 5.41) is 33.0. The lowest BCUT2D eigenvalue weighted by Crippen LogP contribution is -2.38. The summed E-state index contributed by atoms with van der Waals surface area (Å²) in [5.74, 6) is 0.638. The molecule has 1 heterocycles. The number of phenols is 2. The Bertz CT molecular complexity index is 822. The lowest BCUT2D eigenvalue weighted by atomic mass is 9.69. The Morgan fingerprint density at radius 2 is 1.91 bits per heavy atom. The minimum Gasteiger partial charge on any atom is -0.504 e. The van der Waals surface area contributed by atoms with E-state index in [9.17, 15) is 15.3 Å². The normalized spacial score (nSPS) is 25.0. The monoisotopic (exact) mass is 314 g/mol. The van der Waals surface area contributed by atoms with Crippen molar-refractivity contribution in [3.63, 3.8) is 0 Å². The molecule has 0 radical (unpaired) electrons. The molecule has 23 heavy (non-hydrogen) atoms. The maximum Gasteiger partial charge on any atom is 0.166 e. The Morgan fingerprint density at radius 3 is 2.65 bits per heavy atom. The van der Waals surface area contributed by atoms with Gasteiger partial charge in [-0.25, -0.2) is 0 Å². The molecule has 4 rings (SSSR count). The molecule has 0 bridgehead atoms. The van der Waals surface area contributed by atoms with Gasteiger partial charge in [-0.3, -0.25) is 0 Å². The van der Waals surface area contributed by atoms with E-state index in [-0.39, 0.29) is 22.8 Å². The van der Waals surface area contributed by atoms with E-state index in [0.29, 0.717) is 36.1 Å². The molecule has 2 aromatic rings. The smallest absolute Gasteiger partial charge is 0.166 e. The molecule has 0 amide bonds.